The molecule has 0 amide bonds. The number of aryl methyl sites for hydroxylation is 2. The Labute approximate surface area is 144 Å². The topological polar surface area (TPSA) is 39.5 Å². The molecule has 1 saturated heterocycles. The van der Waals surface area contributed by atoms with Gasteiger partial charge in [0, 0.05) is 25.3 Å². The Hall–Kier alpha value is -2.01. The summed E-state index contributed by atoms with van der Waals surface area (Å²) in [5, 5.41) is 4.63. The summed E-state index contributed by atoms with van der Waals surface area (Å²) in [5.41, 5.74) is 2.37. The van der Waals surface area contributed by atoms with E-state index in [1.54, 1.807) is 7.11 Å². The van der Waals surface area contributed by atoms with E-state index in [1.807, 2.05) is 24.3 Å². The third-order valence-corrected chi connectivity index (χ3v) is 4.58. The predicted molar refractivity (Wildman–Crippen MR) is 94.9 cm³/mol. The molecule has 0 bridgehead atoms. The molecule has 1 aromatic carbocycles. The molecule has 0 spiro atoms. The maximum absolute atomic E-state index is 5.85. The first kappa shape index (κ1) is 16.8. The van der Waals surface area contributed by atoms with E-state index in [2.05, 4.69) is 34.6 Å². The highest BCUT2D eigenvalue weighted by molar-refractivity contribution is 5.39. The van der Waals surface area contributed by atoms with Gasteiger partial charge in [0.25, 0.3) is 0 Å². The van der Waals surface area contributed by atoms with Crippen molar-refractivity contribution in [1.29, 1.82) is 0 Å². The summed E-state index contributed by atoms with van der Waals surface area (Å²) in [5.74, 6) is 1.62. The minimum Gasteiger partial charge on any atom is -0.493 e. The molecule has 24 heavy (non-hydrogen) atoms. The second kappa shape index (κ2) is 7.71. The van der Waals surface area contributed by atoms with Gasteiger partial charge < -0.3 is 14.4 Å². The highest BCUT2D eigenvalue weighted by Gasteiger charge is 2.25. The lowest BCUT2D eigenvalue weighted by molar-refractivity contribution is 0.249. The van der Waals surface area contributed by atoms with Crippen molar-refractivity contribution in [2.45, 2.75) is 32.7 Å². The molecule has 1 aliphatic rings. The molecule has 1 aliphatic heterocycles. The van der Waals surface area contributed by atoms with Crippen LogP contribution in [0.15, 0.2) is 30.3 Å². The van der Waals surface area contributed by atoms with Crippen LogP contribution < -0.4 is 9.47 Å². The number of hydrogen-bond acceptors (Lipinski definition) is 4. The highest BCUT2D eigenvalue weighted by Crippen LogP contribution is 2.26. The van der Waals surface area contributed by atoms with Crippen molar-refractivity contribution < 1.29 is 9.47 Å². The van der Waals surface area contributed by atoms with Crippen molar-refractivity contribution >= 4 is 0 Å². The van der Waals surface area contributed by atoms with Gasteiger partial charge in [-0.1, -0.05) is 12.1 Å². The summed E-state index contributed by atoms with van der Waals surface area (Å²) in [7, 11) is 1.67. The van der Waals surface area contributed by atoms with Crippen LogP contribution >= 0.6 is 0 Å². The van der Waals surface area contributed by atoms with E-state index < -0.39 is 0 Å². The van der Waals surface area contributed by atoms with Gasteiger partial charge >= 0.3 is 0 Å². The van der Waals surface area contributed by atoms with E-state index >= 15 is 0 Å². The second-order valence-electron chi connectivity index (χ2n) is 6.47. The number of para-hydroxylation sites is 2. The van der Waals surface area contributed by atoms with E-state index in [-0.39, 0.29) is 0 Å². The Morgan fingerprint density at radius 2 is 2.00 bits per heavy atom. The first-order valence-corrected chi connectivity index (χ1v) is 8.68. The van der Waals surface area contributed by atoms with Crippen molar-refractivity contribution in [2.75, 3.05) is 33.4 Å². The Bertz CT molecular complexity index is 668. The van der Waals surface area contributed by atoms with Gasteiger partial charge in [-0.3, -0.25) is 4.68 Å². The molecule has 2 aromatic rings. The number of rotatable bonds is 7. The molecule has 0 radical (unpaired) electrons. The largest absolute Gasteiger partial charge is 0.493 e. The fourth-order valence-electron chi connectivity index (χ4n) is 3.44. The molecule has 1 fully saturated rings. The first-order valence-electron chi connectivity index (χ1n) is 8.68. The Morgan fingerprint density at radius 1 is 1.21 bits per heavy atom. The minimum atomic E-state index is 0.508. The Morgan fingerprint density at radius 3 is 2.71 bits per heavy atom. The standard InChI is InChI=1S/C19H27N3O2/c1-15-13-16(2)22(20-15)17-9-11-21(14-17)10-6-12-24-19-8-5-4-7-18(19)23-3/h4-5,7-8,13,17H,6,9-12,14H2,1-3H3/t17-/m1/s1. The molecule has 5 heteroatoms. The molecule has 5 nitrogen and oxygen atoms in total. The van der Waals surface area contributed by atoms with E-state index in [0.29, 0.717) is 12.6 Å². The summed E-state index contributed by atoms with van der Waals surface area (Å²) in [6.45, 7) is 8.19. The average Bonchev–Trinajstić information content (AvgIpc) is 3.18. The van der Waals surface area contributed by atoms with Gasteiger partial charge in [0.05, 0.1) is 25.5 Å². The molecule has 3 rings (SSSR count). The van der Waals surface area contributed by atoms with Crippen LogP contribution in [0.25, 0.3) is 0 Å². The predicted octanol–water partition coefficient (Wildman–Crippen LogP) is 3.22. The van der Waals surface area contributed by atoms with Crippen molar-refractivity contribution in [3.05, 3.63) is 41.7 Å². The van der Waals surface area contributed by atoms with Crippen LogP contribution in [0.3, 0.4) is 0 Å². The molecule has 130 valence electrons. The highest BCUT2D eigenvalue weighted by atomic mass is 16.5. The summed E-state index contributed by atoms with van der Waals surface area (Å²) in [6.07, 6.45) is 2.19. The smallest absolute Gasteiger partial charge is 0.161 e. The summed E-state index contributed by atoms with van der Waals surface area (Å²) >= 11 is 0. The fourth-order valence-corrected chi connectivity index (χ4v) is 3.44. The number of ether oxygens (including phenoxy) is 2. The number of benzene rings is 1. The van der Waals surface area contributed by atoms with Crippen LogP contribution in [0.5, 0.6) is 11.5 Å². The number of aromatic nitrogens is 2. The van der Waals surface area contributed by atoms with Gasteiger partial charge in [0.15, 0.2) is 11.5 Å². The molecule has 0 saturated carbocycles. The van der Waals surface area contributed by atoms with Gasteiger partial charge in [-0.2, -0.15) is 5.10 Å². The van der Waals surface area contributed by atoms with Crippen LogP contribution in [0.4, 0.5) is 0 Å². The molecule has 0 N–H and O–H groups in total. The van der Waals surface area contributed by atoms with Crippen LogP contribution in [0.2, 0.25) is 0 Å². The summed E-state index contributed by atoms with van der Waals surface area (Å²) in [6, 6.07) is 10.5. The van der Waals surface area contributed by atoms with Crippen LogP contribution in [0, 0.1) is 13.8 Å². The van der Waals surface area contributed by atoms with Gasteiger partial charge in [-0.05, 0) is 44.9 Å². The molecule has 0 aliphatic carbocycles. The molecular weight excluding hydrogens is 302 g/mol. The zero-order valence-corrected chi connectivity index (χ0v) is 14.9. The first-order chi connectivity index (χ1) is 11.7. The summed E-state index contributed by atoms with van der Waals surface area (Å²) < 4.78 is 13.4. The van der Waals surface area contributed by atoms with Crippen molar-refractivity contribution in [3.63, 3.8) is 0 Å². The molecule has 2 heterocycles. The van der Waals surface area contributed by atoms with E-state index in [1.165, 1.54) is 12.1 Å². The molecular formula is C19H27N3O2. The number of methoxy groups -OCH3 is 1. The number of hydrogen-bond donors (Lipinski definition) is 0. The lowest BCUT2D eigenvalue weighted by Crippen LogP contribution is -2.24. The van der Waals surface area contributed by atoms with Crippen molar-refractivity contribution in [1.82, 2.24) is 14.7 Å². The minimum absolute atomic E-state index is 0.508. The maximum atomic E-state index is 5.85. The number of nitrogens with zero attached hydrogens (tertiary/aromatic N) is 3. The zero-order chi connectivity index (χ0) is 16.9. The third-order valence-electron chi connectivity index (χ3n) is 4.58. The maximum Gasteiger partial charge on any atom is 0.161 e. The van der Waals surface area contributed by atoms with Crippen LogP contribution in [0.1, 0.15) is 30.3 Å². The van der Waals surface area contributed by atoms with Crippen LogP contribution in [-0.4, -0.2) is 48.0 Å². The van der Waals surface area contributed by atoms with Crippen LogP contribution in [-0.2, 0) is 0 Å². The average molecular weight is 329 g/mol. The molecule has 0 unspecified atom stereocenters. The van der Waals surface area contributed by atoms with Gasteiger partial charge in [-0.25, -0.2) is 0 Å². The summed E-state index contributed by atoms with van der Waals surface area (Å²) in [4.78, 5) is 2.51. The third kappa shape index (κ3) is 3.90. The Kier molecular flexibility index (Phi) is 5.41. The van der Waals surface area contributed by atoms with Crippen molar-refractivity contribution in [2.24, 2.45) is 0 Å². The van der Waals surface area contributed by atoms with Crippen molar-refractivity contribution in [3.8, 4) is 11.5 Å². The lowest BCUT2D eigenvalue weighted by Gasteiger charge is -2.17. The fraction of sp³-hybridized carbons (Fsp3) is 0.526. The Balaban J connectivity index is 1.43. The van der Waals surface area contributed by atoms with Gasteiger partial charge in [0.2, 0.25) is 0 Å². The van der Waals surface area contributed by atoms with Gasteiger partial charge in [-0.15, -0.1) is 0 Å². The zero-order valence-electron chi connectivity index (χ0n) is 14.9. The lowest BCUT2D eigenvalue weighted by atomic mass is 10.2. The quantitative estimate of drug-likeness (QED) is 0.731. The monoisotopic (exact) mass is 329 g/mol. The van der Waals surface area contributed by atoms with E-state index in [4.69, 9.17) is 9.47 Å². The SMILES string of the molecule is COc1ccccc1OCCCN1CC[C@@H](n2nc(C)cc2C)C1. The molecule has 1 atom stereocenters. The molecule has 1 aromatic heterocycles. The van der Waals surface area contributed by atoms with Gasteiger partial charge in [0.1, 0.15) is 0 Å². The van der Waals surface area contributed by atoms with E-state index in [9.17, 15) is 0 Å². The second-order valence-corrected chi connectivity index (χ2v) is 6.47. The number of likely N-dealkylation sites (tertiary alicyclic amines) is 1. The van der Waals surface area contributed by atoms with E-state index in [0.717, 1.165) is 43.2 Å². The normalized spacial score (nSPS) is 18.0.